The van der Waals surface area contributed by atoms with Crippen LogP contribution in [0.1, 0.15) is 29.3 Å². The minimum Gasteiger partial charge on any atom is -0.495 e. The Bertz CT molecular complexity index is 892. The number of anilines is 1. The van der Waals surface area contributed by atoms with Gasteiger partial charge in [0.15, 0.2) is 0 Å². The molecule has 1 aliphatic rings. The lowest BCUT2D eigenvalue weighted by atomic mass is 9.75. The van der Waals surface area contributed by atoms with Crippen LogP contribution in [0.3, 0.4) is 0 Å². The van der Waals surface area contributed by atoms with Gasteiger partial charge < -0.3 is 15.2 Å². The lowest BCUT2D eigenvalue weighted by molar-refractivity contribution is 0.0339. The number of aliphatic hydroxyl groups is 1. The highest BCUT2D eigenvalue weighted by atomic mass is 32.1. The van der Waals surface area contributed by atoms with Crippen LogP contribution in [0.15, 0.2) is 30.9 Å². The van der Waals surface area contributed by atoms with E-state index in [1.165, 1.54) is 4.88 Å². The predicted octanol–water partition coefficient (Wildman–Crippen LogP) is 3.33. The Labute approximate surface area is 149 Å². The fraction of sp³-hybridized carbons (Fsp3) is 0.389. The highest BCUT2D eigenvalue weighted by Gasteiger charge is 2.35. The van der Waals surface area contributed by atoms with E-state index in [1.54, 1.807) is 31.0 Å². The van der Waals surface area contributed by atoms with Gasteiger partial charge in [0.1, 0.15) is 22.7 Å². The van der Waals surface area contributed by atoms with E-state index in [-0.39, 0.29) is 12.1 Å². The van der Waals surface area contributed by atoms with Crippen molar-refractivity contribution in [1.82, 2.24) is 15.0 Å². The van der Waals surface area contributed by atoms with Crippen LogP contribution < -0.4 is 10.1 Å². The molecule has 3 heterocycles. The molecule has 3 aromatic rings. The van der Waals surface area contributed by atoms with Gasteiger partial charge in [-0.2, -0.15) is 0 Å². The third-order valence-electron chi connectivity index (χ3n) is 4.70. The molecule has 130 valence electrons. The van der Waals surface area contributed by atoms with Crippen molar-refractivity contribution in [3.63, 3.8) is 0 Å². The number of aromatic nitrogens is 3. The van der Waals surface area contributed by atoms with Crippen molar-refractivity contribution in [1.29, 1.82) is 0 Å². The first-order valence-electron chi connectivity index (χ1n) is 8.28. The molecule has 0 unspecified atom stereocenters. The smallest absolute Gasteiger partial charge is 0.138 e. The summed E-state index contributed by atoms with van der Waals surface area (Å²) in [6.07, 6.45) is 6.46. The quantitative estimate of drug-likeness (QED) is 0.730. The molecular formula is C18H20N4O2S. The third kappa shape index (κ3) is 3.17. The molecule has 0 amide bonds. The maximum Gasteiger partial charge on any atom is 0.138 e. The van der Waals surface area contributed by atoms with Gasteiger partial charge in [0.25, 0.3) is 0 Å². The molecule has 7 heteroatoms. The Morgan fingerprint density at radius 1 is 1.28 bits per heavy atom. The van der Waals surface area contributed by atoms with Crippen LogP contribution in [0, 0.1) is 12.8 Å². The van der Waals surface area contributed by atoms with E-state index in [0.717, 1.165) is 40.2 Å². The molecule has 0 saturated heterocycles. The number of thiophene rings is 1. The molecule has 3 aromatic heterocycles. The zero-order valence-corrected chi connectivity index (χ0v) is 15.0. The molecule has 0 bridgehead atoms. The van der Waals surface area contributed by atoms with Gasteiger partial charge in [-0.15, -0.1) is 11.3 Å². The van der Waals surface area contributed by atoms with Crippen molar-refractivity contribution in [2.24, 2.45) is 5.92 Å². The van der Waals surface area contributed by atoms with Crippen molar-refractivity contribution in [3.05, 3.63) is 41.3 Å². The van der Waals surface area contributed by atoms with Crippen LogP contribution in [0.2, 0.25) is 0 Å². The van der Waals surface area contributed by atoms with Gasteiger partial charge in [0.2, 0.25) is 0 Å². The Hall–Kier alpha value is -2.25. The number of aliphatic hydroxyl groups excluding tert-OH is 1. The molecule has 1 atom stereocenters. The number of nitrogens with zero attached hydrogens (tertiary/aromatic N) is 3. The van der Waals surface area contributed by atoms with Crippen molar-refractivity contribution >= 4 is 27.4 Å². The van der Waals surface area contributed by atoms with Gasteiger partial charge in [0, 0.05) is 11.1 Å². The number of fused-ring (bicyclic) bond motifs is 1. The lowest BCUT2D eigenvalue weighted by Crippen LogP contribution is -2.36. The summed E-state index contributed by atoms with van der Waals surface area (Å²) in [6.45, 7) is 2.07. The van der Waals surface area contributed by atoms with Crippen molar-refractivity contribution in [2.75, 3.05) is 12.4 Å². The number of ether oxygens (including phenoxy) is 1. The Balaban J connectivity index is 1.70. The highest BCUT2D eigenvalue weighted by molar-refractivity contribution is 7.18. The molecule has 4 rings (SSSR count). The molecule has 0 aromatic carbocycles. The van der Waals surface area contributed by atoms with E-state index in [9.17, 15) is 5.11 Å². The Kier molecular flexibility index (Phi) is 4.27. The summed E-state index contributed by atoms with van der Waals surface area (Å²) < 4.78 is 5.32. The lowest BCUT2D eigenvalue weighted by Gasteiger charge is -2.38. The third-order valence-corrected chi connectivity index (χ3v) is 5.65. The maximum atomic E-state index is 9.76. The van der Waals surface area contributed by atoms with Crippen LogP contribution in [0.4, 0.5) is 5.82 Å². The summed E-state index contributed by atoms with van der Waals surface area (Å²) in [6, 6.07) is 4.12. The molecule has 2 N–H and O–H groups in total. The molecule has 0 radical (unpaired) electrons. The second-order valence-corrected chi connectivity index (χ2v) is 7.70. The van der Waals surface area contributed by atoms with Gasteiger partial charge in [0.05, 0.1) is 30.8 Å². The molecule has 1 fully saturated rings. The van der Waals surface area contributed by atoms with E-state index in [1.807, 2.05) is 12.3 Å². The number of aryl methyl sites for hydroxylation is 1. The monoisotopic (exact) mass is 356 g/mol. The van der Waals surface area contributed by atoms with E-state index in [4.69, 9.17) is 4.74 Å². The molecule has 6 nitrogen and oxygen atoms in total. The molecule has 1 saturated carbocycles. The van der Waals surface area contributed by atoms with E-state index >= 15 is 0 Å². The summed E-state index contributed by atoms with van der Waals surface area (Å²) in [4.78, 5) is 15.3. The normalized spacial score (nSPS) is 20.9. The molecular weight excluding hydrogens is 336 g/mol. The summed E-state index contributed by atoms with van der Waals surface area (Å²) in [5.41, 5.74) is 1.04. The first-order chi connectivity index (χ1) is 12.1. The van der Waals surface area contributed by atoms with Crippen LogP contribution >= 0.6 is 11.3 Å². The topological polar surface area (TPSA) is 80.2 Å². The summed E-state index contributed by atoms with van der Waals surface area (Å²) in [5.74, 6) is 1.88. The number of pyridine rings is 1. The van der Waals surface area contributed by atoms with Gasteiger partial charge >= 0.3 is 0 Å². The average molecular weight is 356 g/mol. The fourth-order valence-electron chi connectivity index (χ4n) is 3.33. The molecule has 1 aliphatic carbocycles. The minimum atomic E-state index is -0.221. The van der Waals surface area contributed by atoms with Gasteiger partial charge in [-0.25, -0.2) is 9.97 Å². The molecule has 25 heavy (non-hydrogen) atoms. The van der Waals surface area contributed by atoms with Crippen LogP contribution in [-0.4, -0.2) is 33.3 Å². The second-order valence-electron chi connectivity index (χ2n) is 6.46. The van der Waals surface area contributed by atoms with Gasteiger partial charge in [-0.1, -0.05) is 0 Å². The zero-order valence-electron chi connectivity index (χ0n) is 14.1. The summed E-state index contributed by atoms with van der Waals surface area (Å²) in [5, 5.41) is 14.4. The van der Waals surface area contributed by atoms with Crippen molar-refractivity contribution in [3.8, 4) is 5.75 Å². The predicted molar refractivity (Wildman–Crippen MR) is 98.0 cm³/mol. The Morgan fingerprint density at radius 2 is 2.12 bits per heavy atom. The van der Waals surface area contributed by atoms with Crippen molar-refractivity contribution in [2.45, 2.75) is 31.9 Å². The van der Waals surface area contributed by atoms with E-state index < -0.39 is 0 Å². The summed E-state index contributed by atoms with van der Waals surface area (Å²) >= 11 is 1.66. The minimum absolute atomic E-state index is 0.0179. The number of methoxy groups -OCH3 is 1. The maximum absolute atomic E-state index is 9.76. The Morgan fingerprint density at radius 3 is 2.88 bits per heavy atom. The number of hydrogen-bond donors (Lipinski definition) is 2. The molecule has 0 spiro atoms. The number of rotatable bonds is 5. The summed E-state index contributed by atoms with van der Waals surface area (Å²) in [7, 11) is 1.64. The zero-order chi connectivity index (χ0) is 17.4. The van der Waals surface area contributed by atoms with Crippen LogP contribution in [0.5, 0.6) is 5.75 Å². The average Bonchev–Trinajstić information content (AvgIpc) is 2.98. The highest BCUT2D eigenvalue weighted by Crippen LogP contribution is 2.41. The largest absolute Gasteiger partial charge is 0.495 e. The van der Waals surface area contributed by atoms with Crippen LogP contribution in [-0.2, 0) is 0 Å². The molecule has 0 aliphatic heterocycles. The second kappa shape index (κ2) is 6.57. The number of hydrogen-bond acceptors (Lipinski definition) is 7. The first-order valence-corrected chi connectivity index (χ1v) is 9.10. The standard InChI is InChI=1S/C18H20N4O2S/c1-10-3-15-17(20-9-21-18(15)25-10)22-16(11-4-13(23)5-11)12-6-14(24-2)8-19-7-12/h3,6-9,11,13,16,23H,4-5H2,1-2H3,(H,20,21,22)/t11?,13?,16-/m1/s1. The van der Waals surface area contributed by atoms with Gasteiger partial charge in [-0.3, -0.25) is 4.98 Å². The SMILES string of the molecule is COc1cncc([C@H](Nc2ncnc3sc(C)cc23)C2CC(O)C2)c1. The van der Waals surface area contributed by atoms with Crippen molar-refractivity contribution < 1.29 is 9.84 Å². The van der Waals surface area contributed by atoms with Gasteiger partial charge in [-0.05, 0) is 43.4 Å². The van der Waals surface area contributed by atoms with Crippen LogP contribution in [0.25, 0.3) is 10.2 Å². The number of nitrogens with one attached hydrogen (secondary N) is 1. The fourth-order valence-corrected chi connectivity index (χ4v) is 4.18. The van der Waals surface area contributed by atoms with E-state index in [0.29, 0.717) is 5.92 Å². The first kappa shape index (κ1) is 16.2. The van der Waals surface area contributed by atoms with E-state index in [2.05, 4.69) is 33.3 Å².